The Morgan fingerprint density at radius 2 is 2.07 bits per heavy atom. The Morgan fingerprint density at radius 3 is 2.79 bits per heavy atom. The zero-order valence-electron chi connectivity index (χ0n) is 15.9. The number of β-amino-alcohol motifs (C(OH)–C–C–N with tert-alkyl or cyclic N) is 1. The molecule has 0 aliphatic carbocycles. The van der Waals surface area contributed by atoms with Crippen molar-refractivity contribution in [3.8, 4) is 11.1 Å². The molecule has 8 nitrogen and oxygen atoms in total. The van der Waals surface area contributed by atoms with E-state index in [9.17, 15) is 4.79 Å². The molecule has 146 valence electrons. The molecule has 4 rings (SSSR count). The molecule has 28 heavy (non-hydrogen) atoms. The second-order valence-electron chi connectivity index (χ2n) is 7.20. The Bertz CT molecular complexity index is 978. The average Bonchev–Trinajstić information content (AvgIpc) is 3.14. The summed E-state index contributed by atoms with van der Waals surface area (Å²) in [5.74, 6) is 0.251. The number of amides is 1. The Kier molecular flexibility index (Phi) is 5.31. The Balaban J connectivity index is 1.47. The summed E-state index contributed by atoms with van der Waals surface area (Å²) in [4.78, 5) is 23.6. The number of aliphatic hydroxyl groups is 1. The van der Waals surface area contributed by atoms with Crippen molar-refractivity contribution in [3.05, 3.63) is 36.8 Å². The number of rotatable bonds is 5. The predicted octanol–water partition coefficient (Wildman–Crippen LogP) is 1.67. The van der Waals surface area contributed by atoms with Crippen LogP contribution in [0.5, 0.6) is 0 Å². The van der Waals surface area contributed by atoms with Crippen molar-refractivity contribution < 1.29 is 9.90 Å². The Labute approximate surface area is 163 Å². The topological polar surface area (TPSA) is 96.2 Å². The fourth-order valence-electron chi connectivity index (χ4n) is 3.61. The van der Waals surface area contributed by atoms with Gasteiger partial charge < -0.3 is 10.0 Å². The smallest absolute Gasteiger partial charge is 0.229 e. The van der Waals surface area contributed by atoms with E-state index in [0.29, 0.717) is 12.5 Å². The van der Waals surface area contributed by atoms with E-state index in [1.54, 1.807) is 10.9 Å². The molecule has 1 fully saturated rings. The number of hydrogen-bond donors (Lipinski definition) is 2. The molecule has 3 aromatic rings. The quantitative estimate of drug-likeness (QED) is 0.699. The number of likely N-dealkylation sites (tertiary alicyclic amines) is 1. The lowest BCUT2D eigenvalue weighted by atomic mass is 9.96. The van der Waals surface area contributed by atoms with E-state index < -0.39 is 0 Å². The van der Waals surface area contributed by atoms with Crippen LogP contribution >= 0.6 is 0 Å². The molecule has 2 aromatic heterocycles. The number of aryl methyl sites for hydroxylation is 1. The molecule has 1 aromatic carbocycles. The third-order valence-corrected chi connectivity index (χ3v) is 5.23. The van der Waals surface area contributed by atoms with Crippen molar-refractivity contribution in [3.63, 3.8) is 0 Å². The number of benzene rings is 1. The van der Waals surface area contributed by atoms with Gasteiger partial charge in [0, 0.05) is 42.9 Å². The first kappa shape index (κ1) is 18.5. The number of fused-ring (bicyclic) bond motifs is 1. The minimum Gasteiger partial charge on any atom is -0.395 e. The first-order valence-electron chi connectivity index (χ1n) is 9.52. The number of anilines is 1. The van der Waals surface area contributed by atoms with Crippen LogP contribution in [0.1, 0.15) is 12.8 Å². The lowest BCUT2D eigenvalue weighted by molar-refractivity contribution is -0.121. The van der Waals surface area contributed by atoms with Gasteiger partial charge in [-0.15, -0.1) is 0 Å². The van der Waals surface area contributed by atoms with Gasteiger partial charge in [-0.2, -0.15) is 5.10 Å². The highest BCUT2D eigenvalue weighted by Crippen LogP contribution is 2.24. The molecule has 0 spiro atoms. The molecule has 1 amide bonds. The van der Waals surface area contributed by atoms with Crippen molar-refractivity contribution in [2.24, 2.45) is 13.0 Å². The van der Waals surface area contributed by atoms with Gasteiger partial charge in [-0.25, -0.2) is 9.97 Å². The maximum absolute atomic E-state index is 12.6. The van der Waals surface area contributed by atoms with Crippen molar-refractivity contribution in [1.82, 2.24) is 24.6 Å². The first-order valence-corrected chi connectivity index (χ1v) is 9.52. The number of carbonyl (C=O) groups is 1. The standard InChI is InChI=1S/C20H24N6O2/c1-25-13-17(12-22-25)15-2-3-16-11-21-20(23-18(16)10-15)24-19(28)14-4-6-26(7-5-14)8-9-27/h2-3,10-14,27H,4-9H2,1H3,(H,21,23,24,28). The van der Waals surface area contributed by atoms with Gasteiger partial charge >= 0.3 is 0 Å². The molecule has 0 saturated carbocycles. The molecule has 0 radical (unpaired) electrons. The van der Waals surface area contributed by atoms with Crippen LogP contribution in [0.25, 0.3) is 22.0 Å². The third kappa shape index (κ3) is 4.02. The number of piperidine rings is 1. The van der Waals surface area contributed by atoms with E-state index in [2.05, 4.69) is 25.3 Å². The van der Waals surface area contributed by atoms with Gasteiger partial charge in [0.1, 0.15) is 0 Å². The predicted molar refractivity (Wildman–Crippen MR) is 107 cm³/mol. The van der Waals surface area contributed by atoms with E-state index in [-0.39, 0.29) is 18.4 Å². The molecule has 2 N–H and O–H groups in total. The van der Waals surface area contributed by atoms with Crippen LogP contribution < -0.4 is 5.32 Å². The van der Waals surface area contributed by atoms with Gasteiger partial charge in [-0.1, -0.05) is 12.1 Å². The second kappa shape index (κ2) is 8.04. The van der Waals surface area contributed by atoms with Crippen molar-refractivity contribution >= 4 is 22.8 Å². The van der Waals surface area contributed by atoms with Crippen LogP contribution in [0.3, 0.4) is 0 Å². The van der Waals surface area contributed by atoms with E-state index in [4.69, 9.17) is 5.11 Å². The third-order valence-electron chi connectivity index (χ3n) is 5.23. The monoisotopic (exact) mass is 380 g/mol. The minimum atomic E-state index is -0.0454. The van der Waals surface area contributed by atoms with Crippen molar-refractivity contribution in [1.29, 1.82) is 0 Å². The van der Waals surface area contributed by atoms with E-state index >= 15 is 0 Å². The molecule has 1 aliphatic heterocycles. The first-order chi connectivity index (χ1) is 13.6. The highest BCUT2D eigenvalue weighted by molar-refractivity contribution is 5.92. The molecule has 0 bridgehead atoms. The highest BCUT2D eigenvalue weighted by Gasteiger charge is 2.25. The van der Waals surface area contributed by atoms with Gasteiger partial charge in [0.25, 0.3) is 0 Å². The lowest BCUT2D eigenvalue weighted by Crippen LogP contribution is -2.39. The summed E-state index contributed by atoms with van der Waals surface area (Å²) in [6.45, 7) is 2.47. The molecule has 3 heterocycles. The highest BCUT2D eigenvalue weighted by atomic mass is 16.3. The summed E-state index contributed by atoms with van der Waals surface area (Å²) in [6, 6.07) is 5.97. The molecular formula is C20H24N6O2. The van der Waals surface area contributed by atoms with Crippen LogP contribution in [0.15, 0.2) is 36.8 Å². The summed E-state index contributed by atoms with van der Waals surface area (Å²) in [5, 5.41) is 17.0. The summed E-state index contributed by atoms with van der Waals surface area (Å²) in [7, 11) is 1.88. The van der Waals surface area contributed by atoms with Crippen LogP contribution in [0, 0.1) is 5.92 Å². The van der Waals surface area contributed by atoms with E-state index in [1.165, 1.54) is 0 Å². The van der Waals surface area contributed by atoms with Gasteiger partial charge in [0.05, 0.1) is 18.3 Å². The normalized spacial score (nSPS) is 15.8. The van der Waals surface area contributed by atoms with Crippen LogP contribution in [-0.2, 0) is 11.8 Å². The van der Waals surface area contributed by atoms with Gasteiger partial charge in [0.2, 0.25) is 11.9 Å². The second-order valence-corrected chi connectivity index (χ2v) is 7.20. The van der Waals surface area contributed by atoms with E-state index in [0.717, 1.165) is 48.0 Å². The summed E-state index contributed by atoms with van der Waals surface area (Å²) >= 11 is 0. The zero-order valence-corrected chi connectivity index (χ0v) is 15.9. The molecular weight excluding hydrogens is 356 g/mol. The number of nitrogens with zero attached hydrogens (tertiary/aromatic N) is 5. The van der Waals surface area contributed by atoms with Crippen LogP contribution in [0.4, 0.5) is 5.95 Å². The van der Waals surface area contributed by atoms with Crippen LogP contribution in [-0.4, -0.2) is 61.9 Å². The molecule has 8 heteroatoms. The maximum atomic E-state index is 12.6. The number of aliphatic hydroxyl groups excluding tert-OH is 1. The molecule has 1 aliphatic rings. The summed E-state index contributed by atoms with van der Waals surface area (Å²) < 4.78 is 1.76. The van der Waals surface area contributed by atoms with Gasteiger partial charge in [0.15, 0.2) is 0 Å². The SMILES string of the molecule is Cn1cc(-c2ccc3cnc(NC(=O)C4CCN(CCO)CC4)nc3c2)cn1. The molecule has 0 atom stereocenters. The minimum absolute atomic E-state index is 0.0357. The van der Waals surface area contributed by atoms with E-state index in [1.807, 2.05) is 37.6 Å². The number of nitrogens with one attached hydrogen (secondary N) is 1. The number of carbonyl (C=O) groups excluding carboxylic acids is 1. The van der Waals surface area contributed by atoms with Crippen LogP contribution in [0.2, 0.25) is 0 Å². The fourth-order valence-corrected chi connectivity index (χ4v) is 3.61. The lowest BCUT2D eigenvalue weighted by Gasteiger charge is -2.30. The largest absolute Gasteiger partial charge is 0.395 e. The Morgan fingerprint density at radius 1 is 1.25 bits per heavy atom. The summed E-state index contributed by atoms with van der Waals surface area (Å²) in [5.41, 5.74) is 2.82. The van der Waals surface area contributed by atoms with Crippen molar-refractivity contribution in [2.75, 3.05) is 31.6 Å². The molecule has 1 saturated heterocycles. The number of hydrogen-bond acceptors (Lipinski definition) is 6. The van der Waals surface area contributed by atoms with Gasteiger partial charge in [-0.05, 0) is 37.6 Å². The fraction of sp³-hybridized carbons (Fsp3) is 0.400. The van der Waals surface area contributed by atoms with Crippen molar-refractivity contribution in [2.45, 2.75) is 12.8 Å². The number of aromatic nitrogens is 4. The maximum Gasteiger partial charge on any atom is 0.229 e. The average molecular weight is 380 g/mol. The Hall–Kier alpha value is -2.84. The zero-order chi connectivity index (χ0) is 19.5. The van der Waals surface area contributed by atoms with Gasteiger partial charge in [-0.3, -0.25) is 14.8 Å². The molecule has 0 unspecified atom stereocenters. The summed E-state index contributed by atoms with van der Waals surface area (Å²) in [6.07, 6.45) is 7.06.